The minimum atomic E-state index is -1.18. The second-order valence-corrected chi connectivity index (χ2v) is 2.69. The number of rotatable bonds is 5. The van der Waals surface area contributed by atoms with Crippen LogP contribution in [0.1, 0.15) is 26.7 Å². The zero-order valence-electron chi connectivity index (χ0n) is 7.66. The van der Waals surface area contributed by atoms with Crippen LogP contribution in [0, 0.1) is 0 Å². The standard InChI is InChI=1S/C8H13NO4/c1-3-6(11)4-7(8(12)13)9-5(2)10/h7H,3-4H2,1-2H3,(H,9,10)(H,12,13). The Hall–Kier alpha value is -1.39. The maximum absolute atomic E-state index is 10.9. The van der Waals surface area contributed by atoms with Crippen molar-refractivity contribution in [3.8, 4) is 0 Å². The fourth-order valence-electron chi connectivity index (χ4n) is 0.817. The van der Waals surface area contributed by atoms with Crippen LogP contribution < -0.4 is 5.32 Å². The largest absolute Gasteiger partial charge is 0.480 e. The molecule has 0 aromatic heterocycles. The summed E-state index contributed by atoms with van der Waals surface area (Å²) in [5, 5.41) is 10.8. The molecule has 0 bridgehead atoms. The lowest BCUT2D eigenvalue weighted by atomic mass is 10.1. The number of hydrogen-bond acceptors (Lipinski definition) is 3. The summed E-state index contributed by atoms with van der Waals surface area (Å²) in [7, 11) is 0. The summed E-state index contributed by atoms with van der Waals surface area (Å²) >= 11 is 0. The number of carbonyl (C=O) groups excluding carboxylic acids is 2. The summed E-state index contributed by atoms with van der Waals surface area (Å²) in [5.41, 5.74) is 0. The Bertz CT molecular complexity index is 224. The molecule has 0 aliphatic heterocycles. The molecule has 1 amide bonds. The lowest BCUT2D eigenvalue weighted by molar-refractivity contribution is -0.143. The number of carbonyl (C=O) groups is 3. The molecular weight excluding hydrogens is 174 g/mol. The van der Waals surface area contributed by atoms with Crippen LogP contribution in [0.5, 0.6) is 0 Å². The van der Waals surface area contributed by atoms with Gasteiger partial charge in [-0.3, -0.25) is 9.59 Å². The van der Waals surface area contributed by atoms with Crippen molar-refractivity contribution in [3.63, 3.8) is 0 Å². The highest BCUT2D eigenvalue weighted by molar-refractivity contribution is 5.88. The molecule has 5 heteroatoms. The fourth-order valence-corrected chi connectivity index (χ4v) is 0.817. The molecule has 0 aromatic carbocycles. The van der Waals surface area contributed by atoms with Gasteiger partial charge in [-0.2, -0.15) is 0 Å². The third-order valence-corrected chi connectivity index (χ3v) is 1.50. The minimum absolute atomic E-state index is 0.147. The molecular formula is C8H13NO4. The van der Waals surface area contributed by atoms with Crippen molar-refractivity contribution < 1.29 is 19.5 Å². The van der Waals surface area contributed by atoms with Gasteiger partial charge in [-0.1, -0.05) is 6.92 Å². The predicted molar refractivity (Wildman–Crippen MR) is 45.2 cm³/mol. The molecule has 0 aliphatic carbocycles. The van der Waals surface area contributed by atoms with E-state index in [1.165, 1.54) is 6.92 Å². The topological polar surface area (TPSA) is 83.5 Å². The molecule has 0 aromatic rings. The van der Waals surface area contributed by atoms with Crippen molar-refractivity contribution in [1.82, 2.24) is 5.32 Å². The summed E-state index contributed by atoms with van der Waals surface area (Å²) in [6.07, 6.45) is 0.134. The van der Waals surface area contributed by atoms with Crippen molar-refractivity contribution in [2.24, 2.45) is 0 Å². The first-order chi connectivity index (χ1) is 5.97. The molecule has 1 unspecified atom stereocenters. The Morgan fingerprint density at radius 3 is 2.23 bits per heavy atom. The van der Waals surface area contributed by atoms with E-state index in [0.29, 0.717) is 0 Å². The molecule has 2 N–H and O–H groups in total. The molecule has 0 radical (unpaired) electrons. The first-order valence-electron chi connectivity index (χ1n) is 3.99. The number of Topliss-reactive ketones (excluding diaryl/α,β-unsaturated/α-hetero) is 1. The number of carboxylic acids is 1. The summed E-state index contributed by atoms with van der Waals surface area (Å²) in [6, 6.07) is -1.09. The summed E-state index contributed by atoms with van der Waals surface area (Å²) in [5.74, 6) is -1.81. The van der Waals surface area contributed by atoms with E-state index in [1.807, 2.05) is 0 Å². The smallest absolute Gasteiger partial charge is 0.326 e. The Labute approximate surface area is 76.1 Å². The summed E-state index contributed by atoms with van der Waals surface area (Å²) < 4.78 is 0. The number of aliphatic carboxylic acids is 1. The van der Waals surface area contributed by atoms with Crippen LogP contribution in [0.4, 0.5) is 0 Å². The van der Waals surface area contributed by atoms with Gasteiger partial charge in [0, 0.05) is 19.8 Å². The zero-order chi connectivity index (χ0) is 10.4. The Morgan fingerprint density at radius 1 is 1.38 bits per heavy atom. The maximum atomic E-state index is 10.9. The van der Waals surface area contributed by atoms with Crippen LogP contribution in [-0.2, 0) is 14.4 Å². The van der Waals surface area contributed by atoms with E-state index in [-0.39, 0.29) is 18.6 Å². The third kappa shape index (κ3) is 4.95. The zero-order valence-corrected chi connectivity index (χ0v) is 7.66. The molecule has 0 spiro atoms. The Morgan fingerprint density at radius 2 is 1.92 bits per heavy atom. The molecule has 74 valence electrons. The second kappa shape index (κ2) is 5.29. The monoisotopic (exact) mass is 187 g/mol. The number of nitrogens with one attached hydrogen (secondary N) is 1. The normalized spacial score (nSPS) is 11.8. The molecule has 0 fully saturated rings. The Balaban J connectivity index is 4.18. The summed E-state index contributed by atoms with van der Waals surface area (Å²) in [6.45, 7) is 2.86. The lowest BCUT2D eigenvalue weighted by Crippen LogP contribution is -2.41. The van der Waals surface area contributed by atoms with Crippen molar-refractivity contribution in [2.75, 3.05) is 0 Å². The van der Waals surface area contributed by atoms with Gasteiger partial charge in [0.15, 0.2) is 0 Å². The highest BCUT2D eigenvalue weighted by Crippen LogP contribution is 1.96. The number of ketones is 1. The van der Waals surface area contributed by atoms with Gasteiger partial charge in [0.25, 0.3) is 0 Å². The van der Waals surface area contributed by atoms with E-state index in [4.69, 9.17) is 5.11 Å². The highest BCUT2D eigenvalue weighted by atomic mass is 16.4. The van der Waals surface area contributed by atoms with Gasteiger partial charge in [-0.15, -0.1) is 0 Å². The molecule has 0 saturated carbocycles. The number of amides is 1. The molecule has 0 rings (SSSR count). The van der Waals surface area contributed by atoms with E-state index in [1.54, 1.807) is 6.92 Å². The van der Waals surface area contributed by atoms with Gasteiger partial charge in [-0.25, -0.2) is 4.79 Å². The molecule has 0 heterocycles. The number of carboxylic acid groups (broad SMARTS) is 1. The average molecular weight is 187 g/mol. The van der Waals surface area contributed by atoms with Crippen LogP contribution >= 0.6 is 0 Å². The average Bonchev–Trinajstić information content (AvgIpc) is 2.02. The third-order valence-electron chi connectivity index (χ3n) is 1.50. The SMILES string of the molecule is CCC(=O)CC(NC(C)=O)C(=O)O. The highest BCUT2D eigenvalue weighted by Gasteiger charge is 2.20. The van der Waals surface area contributed by atoms with E-state index < -0.39 is 17.9 Å². The van der Waals surface area contributed by atoms with Crippen LogP contribution in [0.15, 0.2) is 0 Å². The molecule has 0 saturated heterocycles. The van der Waals surface area contributed by atoms with Gasteiger partial charge >= 0.3 is 5.97 Å². The van der Waals surface area contributed by atoms with E-state index in [9.17, 15) is 14.4 Å². The van der Waals surface area contributed by atoms with Crippen LogP contribution in [0.2, 0.25) is 0 Å². The predicted octanol–water partition coefficient (Wildman–Crippen LogP) is -0.0551. The van der Waals surface area contributed by atoms with E-state index in [2.05, 4.69) is 5.32 Å². The molecule has 0 aliphatic rings. The van der Waals surface area contributed by atoms with E-state index in [0.717, 1.165) is 0 Å². The lowest BCUT2D eigenvalue weighted by Gasteiger charge is -2.11. The minimum Gasteiger partial charge on any atom is -0.480 e. The maximum Gasteiger partial charge on any atom is 0.326 e. The molecule has 5 nitrogen and oxygen atoms in total. The number of hydrogen-bond donors (Lipinski definition) is 2. The van der Waals surface area contributed by atoms with Crippen LogP contribution in [0.25, 0.3) is 0 Å². The van der Waals surface area contributed by atoms with Gasteiger partial charge in [0.2, 0.25) is 5.91 Å². The Kier molecular flexibility index (Phi) is 4.72. The van der Waals surface area contributed by atoms with Crippen LogP contribution in [-0.4, -0.2) is 28.8 Å². The van der Waals surface area contributed by atoms with Gasteiger partial charge in [0.1, 0.15) is 11.8 Å². The van der Waals surface area contributed by atoms with Crippen LogP contribution in [0.3, 0.4) is 0 Å². The van der Waals surface area contributed by atoms with Gasteiger partial charge in [-0.05, 0) is 0 Å². The van der Waals surface area contributed by atoms with Gasteiger partial charge in [0.05, 0.1) is 0 Å². The van der Waals surface area contributed by atoms with Crippen molar-refractivity contribution in [1.29, 1.82) is 0 Å². The molecule has 1 atom stereocenters. The second-order valence-electron chi connectivity index (χ2n) is 2.69. The van der Waals surface area contributed by atoms with Crippen molar-refractivity contribution >= 4 is 17.7 Å². The quantitative estimate of drug-likeness (QED) is 0.631. The van der Waals surface area contributed by atoms with Crippen molar-refractivity contribution in [3.05, 3.63) is 0 Å². The van der Waals surface area contributed by atoms with E-state index >= 15 is 0 Å². The van der Waals surface area contributed by atoms with Crippen molar-refractivity contribution in [2.45, 2.75) is 32.7 Å². The summed E-state index contributed by atoms with van der Waals surface area (Å²) in [4.78, 5) is 32.0. The fraction of sp³-hybridized carbons (Fsp3) is 0.625. The van der Waals surface area contributed by atoms with Gasteiger partial charge < -0.3 is 10.4 Å². The first-order valence-corrected chi connectivity index (χ1v) is 3.99. The first kappa shape index (κ1) is 11.6. The molecule has 13 heavy (non-hydrogen) atoms.